The van der Waals surface area contributed by atoms with Crippen molar-refractivity contribution in [1.82, 2.24) is 18.7 Å². The number of aryl methyl sites for hydroxylation is 1. The fraction of sp³-hybridized carbons (Fsp3) is 0.333. The standard InChI is InChI=1S/C18H20N4O2S2/c1-5-7-22-16-15(26-18(22)25)17(24)20(10-19-16)9-14(23)13-8-11(3)21(6-2)12(13)4/h5,8,10H,1,6-7,9H2,2-4H3. The van der Waals surface area contributed by atoms with Gasteiger partial charge in [0.15, 0.2) is 15.4 Å². The maximum atomic E-state index is 12.8. The number of allylic oxidation sites excluding steroid dienone is 1. The van der Waals surface area contributed by atoms with Gasteiger partial charge in [-0.05, 0) is 39.1 Å². The lowest BCUT2D eigenvalue weighted by Crippen LogP contribution is -2.24. The number of nitrogens with zero attached hydrogens (tertiary/aromatic N) is 4. The third-order valence-corrected chi connectivity index (χ3v) is 5.89. The molecule has 0 saturated heterocycles. The summed E-state index contributed by atoms with van der Waals surface area (Å²) in [5.41, 5.74) is 2.90. The van der Waals surface area contributed by atoms with Crippen LogP contribution in [0.2, 0.25) is 0 Å². The highest BCUT2D eigenvalue weighted by molar-refractivity contribution is 7.73. The van der Waals surface area contributed by atoms with Crippen molar-refractivity contribution in [2.75, 3.05) is 0 Å². The van der Waals surface area contributed by atoms with E-state index in [1.807, 2.05) is 26.8 Å². The summed E-state index contributed by atoms with van der Waals surface area (Å²) in [6.45, 7) is 10.9. The number of carbonyl (C=O) groups excluding carboxylic acids is 1. The van der Waals surface area contributed by atoms with E-state index in [-0.39, 0.29) is 17.9 Å². The number of thiazole rings is 1. The third kappa shape index (κ3) is 2.99. The predicted octanol–water partition coefficient (Wildman–Crippen LogP) is 3.50. The molecule has 6 nitrogen and oxygen atoms in total. The molecule has 0 radical (unpaired) electrons. The molecule has 3 heterocycles. The molecule has 0 bridgehead atoms. The number of ketones is 1. The summed E-state index contributed by atoms with van der Waals surface area (Å²) in [6, 6.07) is 1.88. The number of aromatic nitrogens is 4. The molecule has 0 aliphatic carbocycles. The molecule has 0 atom stereocenters. The van der Waals surface area contributed by atoms with Gasteiger partial charge in [-0.3, -0.25) is 14.2 Å². The molecule has 0 spiro atoms. The fourth-order valence-electron chi connectivity index (χ4n) is 3.18. The quantitative estimate of drug-likeness (QED) is 0.368. The summed E-state index contributed by atoms with van der Waals surface area (Å²) in [5, 5.41) is 0. The van der Waals surface area contributed by atoms with Crippen molar-refractivity contribution >= 4 is 39.7 Å². The summed E-state index contributed by atoms with van der Waals surface area (Å²) in [6.07, 6.45) is 3.13. The van der Waals surface area contributed by atoms with Crippen molar-refractivity contribution in [3.05, 3.63) is 56.3 Å². The van der Waals surface area contributed by atoms with Crippen LogP contribution in [0.1, 0.15) is 28.7 Å². The summed E-state index contributed by atoms with van der Waals surface area (Å²) >= 11 is 6.52. The van der Waals surface area contributed by atoms with Crippen molar-refractivity contribution in [3.63, 3.8) is 0 Å². The van der Waals surface area contributed by atoms with Crippen LogP contribution in [0.5, 0.6) is 0 Å². The molecule has 0 amide bonds. The van der Waals surface area contributed by atoms with Gasteiger partial charge in [-0.15, -0.1) is 6.58 Å². The lowest BCUT2D eigenvalue weighted by molar-refractivity contribution is 0.0970. The normalized spacial score (nSPS) is 11.2. The monoisotopic (exact) mass is 388 g/mol. The Kier molecular flexibility index (Phi) is 5.06. The first-order valence-corrected chi connectivity index (χ1v) is 9.51. The maximum Gasteiger partial charge on any atom is 0.273 e. The lowest BCUT2D eigenvalue weighted by Gasteiger charge is -2.07. The Morgan fingerprint density at radius 1 is 1.38 bits per heavy atom. The summed E-state index contributed by atoms with van der Waals surface area (Å²) in [5.74, 6) is -0.102. The van der Waals surface area contributed by atoms with Crippen LogP contribution in [-0.4, -0.2) is 24.5 Å². The van der Waals surface area contributed by atoms with Crippen LogP contribution in [-0.2, 0) is 19.6 Å². The van der Waals surface area contributed by atoms with E-state index in [4.69, 9.17) is 12.2 Å². The zero-order chi connectivity index (χ0) is 19.0. The van der Waals surface area contributed by atoms with Crippen LogP contribution < -0.4 is 5.56 Å². The highest BCUT2D eigenvalue weighted by atomic mass is 32.1. The number of hydrogen-bond donors (Lipinski definition) is 0. The number of rotatable bonds is 6. The Morgan fingerprint density at radius 2 is 2.12 bits per heavy atom. The highest BCUT2D eigenvalue weighted by Crippen LogP contribution is 2.19. The van der Waals surface area contributed by atoms with Crippen LogP contribution in [0.4, 0.5) is 0 Å². The molecule has 136 valence electrons. The zero-order valence-electron chi connectivity index (χ0n) is 15.0. The largest absolute Gasteiger partial charge is 0.349 e. The molecule has 26 heavy (non-hydrogen) atoms. The van der Waals surface area contributed by atoms with Crippen LogP contribution in [0.15, 0.2) is 29.8 Å². The van der Waals surface area contributed by atoms with Crippen LogP contribution >= 0.6 is 23.6 Å². The van der Waals surface area contributed by atoms with E-state index in [1.54, 1.807) is 10.6 Å². The van der Waals surface area contributed by atoms with Gasteiger partial charge in [0, 0.05) is 30.0 Å². The topological polar surface area (TPSA) is 61.8 Å². The Bertz CT molecular complexity index is 1130. The summed E-state index contributed by atoms with van der Waals surface area (Å²) in [4.78, 5) is 29.9. The van der Waals surface area contributed by atoms with Gasteiger partial charge in [0.1, 0.15) is 11.0 Å². The average Bonchev–Trinajstić information content (AvgIpc) is 3.08. The first-order chi connectivity index (χ1) is 12.4. The number of carbonyl (C=O) groups is 1. The Morgan fingerprint density at radius 3 is 2.73 bits per heavy atom. The molecule has 0 aromatic carbocycles. The minimum absolute atomic E-state index is 0.0398. The van der Waals surface area contributed by atoms with Gasteiger partial charge in [0.05, 0.1) is 6.54 Å². The number of hydrogen-bond acceptors (Lipinski definition) is 5. The molecule has 3 aromatic heterocycles. The zero-order valence-corrected chi connectivity index (χ0v) is 16.6. The molecule has 0 fully saturated rings. The van der Waals surface area contributed by atoms with Gasteiger partial charge in [0.2, 0.25) is 0 Å². The van der Waals surface area contributed by atoms with Crippen molar-refractivity contribution < 1.29 is 4.79 Å². The summed E-state index contributed by atoms with van der Waals surface area (Å²) < 4.78 is 6.24. The molecule has 0 N–H and O–H groups in total. The van der Waals surface area contributed by atoms with E-state index < -0.39 is 0 Å². The van der Waals surface area contributed by atoms with E-state index in [0.29, 0.717) is 26.4 Å². The molecule has 0 aliphatic rings. The second kappa shape index (κ2) is 7.13. The SMILES string of the molecule is C=CCn1c(=S)sc2c(=O)n(CC(=O)c3cc(C)n(CC)c3C)cnc21. The molecule has 3 rings (SSSR count). The minimum Gasteiger partial charge on any atom is -0.349 e. The van der Waals surface area contributed by atoms with Crippen molar-refractivity contribution in [1.29, 1.82) is 0 Å². The molecule has 3 aromatic rings. The van der Waals surface area contributed by atoms with Gasteiger partial charge in [-0.2, -0.15) is 0 Å². The first kappa shape index (κ1) is 18.5. The Hall–Kier alpha value is -2.32. The first-order valence-electron chi connectivity index (χ1n) is 8.28. The second-order valence-electron chi connectivity index (χ2n) is 6.05. The maximum absolute atomic E-state index is 12.8. The van der Waals surface area contributed by atoms with Gasteiger partial charge in [-0.1, -0.05) is 17.4 Å². The van der Waals surface area contributed by atoms with Crippen LogP contribution in [0.25, 0.3) is 10.3 Å². The third-order valence-electron chi connectivity index (χ3n) is 4.46. The smallest absolute Gasteiger partial charge is 0.273 e. The average molecular weight is 389 g/mol. The van der Waals surface area contributed by atoms with Crippen LogP contribution in [0, 0.1) is 17.8 Å². The molecule has 0 aliphatic heterocycles. The van der Waals surface area contributed by atoms with Crippen LogP contribution in [0.3, 0.4) is 0 Å². The molecular formula is C18H20N4O2S2. The predicted molar refractivity (Wildman–Crippen MR) is 107 cm³/mol. The van der Waals surface area contributed by atoms with Crippen molar-refractivity contribution in [2.45, 2.75) is 40.4 Å². The molecule has 0 unspecified atom stereocenters. The Balaban J connectivity index is 2.01. The van der Waals surface area contributed by atoms with Crippen molar-refractivity contribution in [2.24, 2.45) is 0 Å². The van der Waals surface area contributed by atoms with Gasteiger partial charge >= 0.3 is 0 Å². The molecule has 0 saturated carbocycles. The van der Waals surface area contributed by atoms with E-state index in [0.717, 1.165) is 17.9 Å². The second-order valence-corrected chi connectivity index (χ2v) is 7.69. The molecule has 8 heteroatoms. The fourth-order valence-corrected chi connectivity index (χ4v) is 4.50. The van der Waals surface area contributed by atoms with E-state index in [1.165, 1.54) is 22.2 Å². The number of Topliss-reactive ketones (excluding diaryl/α,β-unsaturated/α-hetero) is 1. The van der Waals surface area contributed by atoms with E-state index >= 15 is 0 Å². The van der Waals surface area contributed by atoms with E-state index in [9.17, 15) is 9.59 Å². The lowest BCUT2D eigenvalue weighted by atomic mass is 10.1. The van der Waals surface area contributed by atoms with Gasteiger partial charge in [-0.25, -0.2) is 4.98 Å². The van der Waals surface area contributed by atoms with Gasteiger partial charge < -0.3 is 9.13 Å². The summed E-state index contributed by atoms with van der Waals surface area (Å²) in [7, 11) is 0. The van der Waals surface area contributed by atoms with Gasteiger partial charge in [0.25, 0.3) is 5.56 Å². The molecular weight excluding hydrogens is 368 g/mol. The van der Waals surface area contributed by atoms with Crippen molar-refractivity contribution in [3.8, 4) is 0 Å². The number of fused-ring (bicyclic) bond motifs is 1. The Labute approximate surface area is 160 Å². The minimum atomic E-state index is -0.244. The van der Waals surface area contributed by atoms with E-state index in [2.05, 4.69) is 16.1 Å². The highest BCUT2D eigenvalue weighted by Gasteiger charge is 2.18.